The smallest absolute Gasteiger partial charge is 0.317 e. The number of unbranched alkanes of at least 4 members (excludes halogenated alkanes) is 1. The van der Waals surface area contributed by atoms with Crippen molar-refractivity contribution < 1.29 is 14.7 Å². The van der Waals surface area contributed by atoms with Gasteiger partial charge in [-0.2, -0.15) is 0 Å². The van der Waals surface area contributed by atoms with Gasteiger partial charge in [0.05, 0.1) is 17.2 Å². The summed E-state index contributed by atoms with van der Waals surface area (Å²) in [6.45, 7) is 2.90. The molecule has 1 rings (SSSR count). The van der Waals surface area contributed by atoms with Gasteiger partial charge in [0.25, 0.3) is 0 Å². The first-order chi connectivity index (χ1) is 8.99. The molecule has 0 aliphatic heterocycles. The number of hydrogen-bond acceptors (Lipinski definition) is 4. The second-order valence-corrected chi connectivity index (χ2v) is 5.36. The van der Waals surface area contributed by atoms with Crippen molar-refractivity contribution in [1.29, 1.82) is 0 Å². The van der Waals surface area contributed by atoms with Crippen LogP contribution in [0.5, 0.6) is 0 Å². The van der Waals surface area contributed by atoms with Crippen LogP contribution >= 0.6 is 11.3 Å². The second-order valence-electron chi connectivity index (χ2n) is 4.30. The molecular formula is C12H19N3O3S. The highest BCUT2D eigenvalue weighted by Gasteiger charge is 2.09. The number of carbonyl (C=O) groups excluding carboxylic acids is 1. The number of urea groups is 1. The highest BCUT2D eigenvalue weighted by Crippen LogP contribution is 2.09. The van der Waals surface area contributed by atoms with Crippen molar-refractivity contribution in [2.24, 2.45) is 0 Å². The molecule has 19 heavy (non-hydrogen) atoms. The number of aryl methyl sites for hydroxylation is 1. The standard InChI is InChI=1S/C12H19N3O3S/c1-9-14-10(8-19-9)7-15(2)12(18)13-6-4-3-5-11(16)17/h8H,3-7H2,1-2H3,(H,13,18)(H,16,17). The molecule has 2 amide bonds. The molecule has 0 saturated heterocycles. The number of aromatic nitrogens is 1. The van der Waals surface area contributed by atoms with E-state index < -0.39 is 5.97 Å². The van der Waals surface area contributed by atoms with Crippen LogP contribution in [0.2, 0.25) is 0 Å². The van der Waals surface area contributed by atoms with Gasteiger partial charge < -0.3 is 15.3 Å². The molecule has 1 aromatic rings. The number of hydrogen-bond donors (Lipinski definition) is 2. The lowest BCUT2D eigenvalue weighted by atomic mass is 10.2. The van der Waals surface area contributed by atoms with Crippen LogP contribution < -0.4 is 5.32 Å². The number of aliphatic carboxylic acids is 1. The van der Waals surface area contributed by atoms with Crippen LogP contribution in [-0.4, -0.2) is 40.6 Å². The Morgan fingerprint density at radius 3 is 2.79 bits per heavy atom. The molecule has 0 unspecified atom stereocenters. The lowest BCUT2D eigenvalue weighted by molar-refractivity contribution is -0.137. The maximum Gasteiger partial charge on any atom is 0.317 e. The molecule has 0 saturated carbocycles. The molecule has 0 radical (unpaired) electrons. The summed E-state index contributed by atoms with van der Waals surface area (Å²) in [5.74, 6) is -0.803. The molecule has 0 aromatic carbocycles. The van der Waals surface area contributed by atoms with Crippen molar-refractivity contribution in [3.05, 3.63) is 16.1 Å². The normalized spacial score (nSPS) is 10.2. The van der Waals surface area contributed by atoms with E-state index in [9.17, 15) is 9.59 Å². The van der Waals surface area contributed by atoms with Crippen LogP contribution in [0, 0.1) is 6.92 Å². The molecule has 0 spiro atoms. The van der Waals surface area contributed by atoms with Gasteiger partial charge in [-0.1, -0.05) is 0 Å². The minimum Gasteiger partial charge on any atom is -0.481 e. The van der Waals surface area contributed by atoms with E-state index in [1.54, 1.807) is 23.3 Å². The molecule has 6 nitrogen and oxygen atoms in total. The molecule has 2 N–H and O–H groups in total. The number of carbonyl (C=O) groups is 2. The Morgan fingerprint density at radius 1 is 1.47 bits per heavy atom. The molecule has 106 valence electrons. The third-order valence-electron chi connectivity index (χ3n) is 2.51. The molecule has 0 aliphatic rings. The van der Waals surface area contributed by atoms with Crippen molar-refractivity contribution in [1.82, 2.24) is 15.2 Å². The number of thiazole rings is 1. The maximum absolute atomic E-state index is 11.7. The van der Waals surface area contributed by atoms with Crippen molar-refractivity contribution >= 4 is 23.3 Å². The van der Waals surface area contributed by atoms with Gasteiger partial charge in [0.1, 0.15) is 0 Å². The van der Waals surface area contributed by atoms with Gasteiger partial charge in [0.15, 0.2) is 0 Å². The fourth-order valence-electron chi connectivity index (χ4n) is 1.53. The zero-order valence-corrected chi connectivity index (χ0v) is 12.0. The van der Waals surface area contributed by atoms with Crippen LogP contribution in [0.3, 0.4) is 0 Å². The Balaban J connectivity index is 2.20. The van der Waals surface area contributed by atoms with Crippen LogP contribution in [0.1, 0.15) is 30.0 Å². The Morgan fingerprint density at radius 2 is 2.21 bits per heavy atom. The summed E-state index contributed by atoms with van der Waals surface area (Å²) in [6.07, 6.45) is 1.39. The van der Waals surface area contributed by atoms with E-state index in [-0.39, 0.29) is 12.5 Å². The summed E-state index contributed by atoms with van der Waals surface area (Å²) in [5, 5.41) is 14.1. The molecule has 1 heterocycles. The van der Waals surface area contributed by atoms with Crippen molar-refractivity contribution in [2.45, 2.75) is 32.7 Å². The lowest BCUT2D eigenvalue weighted by Crippen LogP contribution is -2.37. The molecule has 0 fully saturated rings. The predicted molar refractivity (Wildman–Crippen MR) is 73.2 cm³/mol. The van der Waals surface area contributed by atoms with Gasteiger partial charge in [-0.15, -0.1) is 11.3 Å². The fourth-order valence-corrected chi connectivity index (χ4v) is 2.13. The van der Waals surface area contributed by atoms with Crippen molar-refractivity contribution in [2.75, 3.05) is 13.6 Å². The SMILES string of the molecule is Cc1nc(CN(C)C(=O)NCCCCC(=O)O)cs1. The Hall–Kier alpha value is -1.63. The highest BCUT2D eigenvalue weighted by atomic mass is 32.1. The minimum atomic E-state index is -0.803. The summed E-state index contributed by atoms with van der Waals surface area (Å²) in [4.78, 5) is 27.9. The van der Waals surface area contributed by atoms with E-state index >= 15 is 0 Å². The van der Waals surface area contributed by atoms with Crippen molar-refractivity contribution in [3.8, 4) is 0 Å². The topological polar surface area (TPSA) is 82.5 Å². The average molecular weight is 285 g/mol. The Kier molecular flexibility index (Phi) is 6.27. The van der Waals surface area contributed by atoms with Gasteiger partial charge in [-0.25, -0.2) is 9.78 Å². The van der Waals surface area contributed by atoms with Gasteiger partial charge in [0.2, 0.25) is 0 Å². The summed E-state index contributed by atoms with van der Waals surface area (Å²) in [6, 6.07) is -0.166. The first-order valence-electron chi connectivity index (χ1n) is 6.11. The van der Waals surface area contributed by atoms with Crippen LogP contribution in [0.4, 0.5) is 4.79 Å². The van der Waals surface area contributed by atoms with Gasteiger partial charge in [0, 0.05) is 25.4 Å². The third-order valence-corrected chi connectivity index (χ3v) is 3.33. The molecule has 7 heteroatoms. The van der Waals surface area contributed by atoms with Crippen LogP contribution in [-0.2, 0) is 11.3 Å². The maximum atomic E-state index is 11.7. The second kappa shape index (κ2) is 7.73. The van der Waals surface area contributed by atoms with Crippen LogP contribution in [0.15, 0.2) is 5.38 Å². The first-order valence-corrected chi connectivity index (χ1v) is 6.98. The average Bonchev–Trinajstić information content (AvgIpc) is 2.73. The number of rotatable bonds is 7. The van der Waals surface area contributed by atoms with Gasteiger partial charge in [-0.05, 0) is 19.8 Å². The molecule has 0 aliphatic carbocycles. The summed E-state index contributed by atoms with van der Waals surface area (Å²) >= 11 is 1.56. The molecule has 1 aromatic heterocycles. The Bertz CT molecular complexity index is 434. The third kappa shape index (κ3) is 6.19. The van der Waals surface area contributed by atoms with E-state index in [4.69, 9.17) is 5.11 Å². The van der Waals surface area contributed by atoms with Crippen molar-refractivity contribution in [3.63, 3.8) is 0 Å². The molecule has 0 atom stereocenters. The van der Waals surface area contributed by atoms with E-state index in [1.165, 1.54) is 0 Å². The van der Waals surface area contributed by atoms with Gasteiger partial charge in [-0.3, -0.25) is 4.79 Å². The summed E-state index contributed by atoms with van der Waals surface area (Å²) < 4.78 is 0. The lowest BCUT2D eigenvalue weighted by Gasteiger charge is -2.16. The van der Waals surface area contributed by atoms with E-state index in [1.807, 2.05) is 12.3 Å². The van der Waals surface area contributed by atoms with Gasteiger partial charge >= 0.3 is 12.0 Å². The Labute approximate surface area is 116 Å². The number of amides is 2. The largest absolute Gasteiger partial charge is 0.481 e. The number of nitrogens with zero attached hydrogens (tertiary/aromatic N) is 2. The number of carboxylic acid groups (broad SMARTS) is 1. The number of carboxylic acids is 1. The summed E-state index contributed by atoms with van der Waals surface area (Å²) in [5.41, 5.74) is 0.881. The highest BCUT2D eigenvalue weighted by molar-refractivity contribution is 7.09. The van der Waals surface area contributed by atoms with E-state index in [0.29, 0.717) is 25.9 Å². The zero-order valence-electron chi connectivity index (χ0n) is 11.2. The van der Waals surface area contributed by atoms with E-state index in [2.05, 4.69) is 10.3 Å². The van der Waals surface area contributed by atoms with Crippen LogP contribution in [0.25, 0.3) is 0 Å². The quantitative estimate of drug-likeness (QED) is 0.749. The van der Waals surface area contributed by atoms with E-state index in [0.717, 1.165) is 10.7 Å². The minimum absolute atomic E-state index is 0.143. The monoisotopic (exact) mass is 285 g/mol. The first kappa shape index (κ1) is 15.4. The fraction of sp³-hybridized carbons (Fsp3) is 0.583. The number of nitrogens with one attached hydrogen (secondary N) is 1. The zero-order chi connectivity index (χ0) is 14.3. The molecule has 0 bridgehead atoms. The predicted octanol–water partition coefficient (Wildman–Crippen LogP) is 1.85. The summed E-state index contributed by atoms with van der Waals surface area (Å²) in [7, 11) is 1.71. The molecular weight excluding hydrogens is 266 g/mol.